The molecule has 0 radical (unpaired) electrons. The van der Waals surface area contributed by atoms with Crippen LogP contribution in [-0.2, 0) is 4.79 Å². The topological polar surface area (TPSA) is 69.4 Å². The summed E-state index contributed by atoms with van der Waals surface area (Å²) < 4.78 is 5.13. The lowest BCUT2D eigenvalue weighted by atomic mass is 10.1. The second-order valence-electron chi connectivity index (χ2n) is 5.79. The normalized spacial score (nSPS) is 17.2. The van der Waals surface area contributed by atoms with Crippen LogP contribution >= 0.6 is 0 Å². The molecule has 3 rings (SSSR count). The van der Waals surface area contributed by atoms with Crippen molar-refractivity contribution in [2.45, 2.75) is 12.8 Å². The number of non-ortho nitro benzene ring substituents is 1. The summed E-state index contributed by atoms with van der Waals surface area (Å²) in [5, 5.41) is 10.7. The minimum absolute atomic E-state index is 0.0363. The monoisotopic (exact) mass is 335 g/mol. The average Bonchev–Trinajstić information content (AvgIpc) is 2.96. The Morgan fingerprint density at radius 3 is 1.84 bits per heavy atom. The third-order valence-electron chi connectivity index (χ3n) is 4.15. The van der Waals surface area contributed by atoms with Crippen LogP contribution in [0.1, 0.15) is 24.0 Å². The van der Waals surface area contributed by atoms with Gasteiger partial charge in [-0.05, 0) is 60.4 Å². The zero-order chi connectivity index (χ0) is 17.8. The van der Waals surface area contributed by atoms with E-state index in [1.165, 1.54) is 12.1 Å². The molecule has 5 nitrogen and oxygen atoms in total. The molecule has 0 spiro atoms. The lowest BCUT2D eigenvalue weighted by Crippen LogP contribution is -1.95. The smallest absolute Gasteiger partial charge is 0.269 e. The van der Waals surface area contributed by atoms with Crippen LogP contribution in [0.2, 0.25) is 0 Å². The molecule has 0 aliphatic heterocycles. The van der Waals surface area contributed by atoms with Gasteiger partial charge in [0.15, 0.2) is 5.78 Å². The number of nitro benzene ring substituents is 1. The van der Waals surface area contributed by atoms with Gasteiger partial charge >= 0.3 is 0 Å². The van der Waals surface area contributed by atoms with E-state index in [1.807, 2.05) is 30.3 Å². The second-order valence-corrected chi connectivity index (χ2v) is 5.79. The fourth-order valence-corrected chi connectivity index (χ4v) is 2.77. The minimum Gasteiger partial charge on any atom is -0.497 e. The van der Waals surface area contributed by atoms with E-state index >= 15 is 0 Å². The van der Waals surface area contributed by atoms with E-state index in [1.54, 1.807) is 25.3 Å². The molecular formula is C20H17NO4. The van der Waals surface area contributed by atoms with Crippen molar-refractivity contribution in [2.75, 3.05) is 7.11 Å². The molecule has 1 saturated carbocycles. The highest BCUT2D eigenvalue weighted by Crippen LogP contribution is 2.30. The first kappa shape index (κ1) is 16.6. The molecule has 0 unspecified atom stereocenters. The molecule has 2 aromatic rings. The molecule has 0 N–H and O–H groups in total. The zero-order valence-electron chi connectivity index (χ0n) is 13.8. The molecule has 1 aliphatic carbocycles. The Labute approximate surface area is 145 Å². The number of hydrogen-bond donors (Lipinski definition) is 0. The number of carbonyl (C=O) groups excluding carboxylic acids is 1. The van der Waals surface area contributed by atoms with Crippen molar-refractivity contribution in [1.82, 2.24) is 0 Å². The van der Waals surface area contributed by atoms with Crippen LogP contribution < -0.4 is 4.74 Å². The maximum atomic E-state index is 12.5. The average molecular weight is 335 g/mol. The van der Waals surface area contributed by atoms with Gasteiger partial charge < -0.3 is 4.74 Å². The summed E-state index contributed by atoms with van der Waals surface area (Å²) in [5.74, 6) is 0.813. The van der Waals surface area contributed by atoms with Crippen LogP contribution in [0.15, 0.2) is 59.7 Å². The van der Waals surface area contributed by atoms with Crippen molar-refractivity contribution in [3.05, 3.63) is 80.9 Å². The summed E-state index contributed by atoms with van der Waals surface area (Å²) in [6, 6.07) is 13.8. The van der Waals surface area contributed by atoms with Gasteiger partial charge in [0, 0.05) is 23.3 Å². The maximum absolute atomic E-state index is 12.5. The number of carbonyl (C=O) groups is 1. The molecular weight excluding hydrogens is 318 g/mol. The number of allylic oxidation sites excluding steroid dienone is 2. The van der Waals surface area contributed by atoms with Gasteiger partial charge in [0.1, 0.15) is 5.75 Å². The van der Waals surface area contributed by atoms with Gasteiger partial charge in [0.2, 0.25) is 0 Å². The van der Waals surface area contributed by atoms with Crippen LogP contribution in [0, 0.1) is 10.1 Å². The van der Waals surface area contributed by atoms with E-state index in [0.29, 0.717) is 12.8 Å². The van der Waals surface area contributed by atoms with Crippen molar-refractivity contribution in [3.8, 4) is 5.75 Å². The minimum atomic E-state index is -0.437. The van der Waals surface area contributed by atoms with E-state index in [-0.39, 0.29) is 11.5 Å². The highest BCUT2D eigenvalue weighted by Gasteiger charge is 2.22. The number of methoxy groups -OCH3 is 1. The summed E-state index contributed by atoms with van der Waals surface area (Å²) in [4.78, 5) is 22.8. The van der Waals surface area contributed by atoms with E-state index < -0.39 is 4.92 Å². The van der Waals surface area contributed by atoms with Crippen molar-refractivity contribution in [1.29, 1.82) is 0 Å². The SMILES string of the molecule is COc1ccc(/C=C2\CC/C(=C\c3ccc([N+](=O)[O-])cc3)C2=O)cc1. The molecule has 1 fully saturated rings. The van der Waals surface area contributed by atoms with Crippen LogP contribution in [-0.4, -0.2) is 17.8 Å². The summed E-state index contributed by atoms with van der Waals surface area (Å²) in [7, 11) is 1.61. The van der Waals surface area contributed by atoms with Crippen LogP contribution in [0.25, 0.3) is 12.2 Å². The standard InChI is InChI=1S/C20H17NO4/c1-25-19-10-4-15(5-11-19)13-17-7-6-16(20(17)22)12-14-2-8-18(9-3-14)21(23)24/h2-5,8-13H,6-7H2,1H3/b16-12+,17-13+. The molecule has 25 heavy (non-hydrogen) atoms. The highest BCUT2D eigenvalue weighted by molar-refractivity contribution is 6.15. The fraction of sp³-hybridized carbons (Fsp3) is 0.150. The van der Waals surface area contributed by atoms with Gasteiger partial charge in [0.05, 0.1) is 12.0 Å². The van der Waals surface area contributed by atoms with Crippen molar-refractivity contribution in [2.24, 2.45) is 0 Å². The van der Waals surface area contributed by atoms with E-state index in [4.69, 9.17) is 4.74 Å². The quantitative estimate of drug-likeness (QED) is 0.471. The first-order valence-corrected chi connectivity index (χ1v) is 7.91. The summed E-state index contributed by atoms with van der Waals surface area (Å²) in [5.41, 5.74) is 3.30. The van der Waals surface area contributed by atoms with Gasteiger partial charge in [0.25, 0.3) is 5.69 Å². The largest absolute Gasteiger partial charge is 0.497 e. The number of nitrogens with zero attached hydrogens (tertiary/aromatic N) is 1. The van der Waals surface area contributed by atoms with E-state index in [2.05, 4.69) is 0 Å². The molecule has 2 aromatic carbocycles. The lowest BCUT2D eigenvalue weighted by molar-refractivity contribution is -0.384. The van der Waals surface area contributed by atoms with Gasteiger partial charge in [-0.25, -0.2) is 0 Å². The molecule has 5 heteroatoms. The van der Waals surface area contributed by atoms with Crippen LogP contribution in [0.4, 0.5) is 5.69 Å². The Kier molecular flexibility index (Phi) is 4.75. The molecule has 0 amide bonds. The first-order valence-electron chi connectivity index (χ1n) is 7.91. The van der Waals surface area contributed by atoms with Crippen LogP contribution in [0.3, 0.4) is 0 Å². The fourth-order valence-electron chi connectivity index (χ4n) is 2.77. The predicted molar refractivity (Wildman–Crippen MR) is 96.3 cm³/mol. The molecule has 0 bridgehead atoms. The molecule has 0 aromatic heterocycles. The number of benzene rings is 2. The van der Waals surface area contributed by atoms with Crippen molar-refractivity contribution in [3.63, 3.8) is 0 Å². The van der Waals surface area contributed by atoms with E-state index in [0.717, 1.165) is 28.0 Å². The van der Waals surface area contributed by atoms with Gasteiger partial charge in [-0.1, -0.05) is 12.1 Å². The van der Waals surface area contributed by atoms with Gasteiger partial charge in [-0.3, -0.25) is 14.9 Å². The Balaban J connectivity index is 1.78. The number of ether oxygens (including phenoxy) is 1. The summed E-state index contributed by atoms with van der Waals surface area (Å²) in [6.07, 6.45) is 5.08. The summed E-state index contributed by atoms with van der Waals surface area (Å²) in [6.45, 7) is 0. The second kappa shape index (κ2) is 7.13. The number of rotatable bonds is 4. The number of nitro groups is 1. The summed E-state index contributed by atoms with van der Waals surface area (Å²) >= 11 is 0. The predicted octanol–water partition coefficient (Wildman–Crippen LogP) is 4.43. The maximum Gasteiger partial charge on any atom is 0.269 e. The van der Waals surface area contributed by atoms with Gasteiger partial charge in [-0.15, -0.1) is 0 Å². The Morgan fingerprint density at radius 1 is 0.920 bits per heavy atom. The number of ketones is 1. The van der Waals surface area contributed by atoms with Gasteiger partial charge in [-0.2, -0.15) is 0 Å². The molecule has 0 atom stereocenters. The molecule has 0 heterocycles. The third-order valence-corrected chi connectivity index (χ3v) is 4.15. The van der Waals surface area contributed by atoms with Crippen molar-refractivity contribution >= 4 is 23.6 Å². The lowest BCUT2D eigenvalue weighted by Gasteiger charge is -2.00. The molecule has 1 aliphatic rings. The number of Topliss-reactive ketones (excluding diaryl/α,β-unsaturated/α-hetero) is 1. The van der Waals surface area contributed by atoms with E-state index in [9.17, 15) is 14.9 Å². The number of hydrogen-bond acceptors (Lipinski definition) is 4. The van der Waals surface area contributed by atoms with Crippen molar-refractivity contribution < 1.29 is 14.5 Å². The molecule has 126 valence electrons. The highest BCUT2D eigenvalue weighted by atomic mass is 16.6. The Morgan fingerprint density at radius 2 is 1.40 bits per heavy atom. The van der Waals surface area contributed by atoms with Crippen LogP contribution in [0.5, 0.6) is 5.75 Å². The molecule has 0 saturated heterocycles. The first-order chi connectivity index (χ1) is 12.1. The zero-order valence-corrected chi connectivity index (χ0v) is 13.8. The Bertz CT molecular complexity index is 862. The Hall–Kier alpha value is -3.21. The third kappa shape index (κ3) is 3.83.